The average Bonchev–Trinajstić information content (AvgIpc) is 4.17. The van der Waals surface area contributed by atoms with Crippen LogP contribution in [0.4, 0.5) is 25.1 Å². The third-order valence-corrected chi connectivity index (χ3v) is 17.7. The SMILES string of the molecule is C#Cc1c(F)ccc2cccc(-c3ncc4c(N5CC6CCC(C5)N6)nc(OC[C@@]56CCCN5[C@H](COC(=O)N5CCC(COC7CN(c8ccc9c(c8)n(C)c(=O)n9C8CCC(=O)NC8=O)C7)CC5)CC6)nc4c3F)c12. The smallest absolute Gasteiger partial charge is 0.409 e. The number of nitrogens with zero attached hydrogens (tertiary/aromatic N) is 9. The Hall–Kier alpha value is -7.21. The number of halogens is 2. The maximum atomic E-state index is 17.2. The number of ether oxygens (including phenoxy) is 3. The van der Waals surface area contributed by atoms with E-state index in [0.717, 1.165) is 69.1 Å². The van der Waals surface area contributed by atoms with Crippen LogP contribution in [0.25, 0.3) is 44.0 Å². The Kier molecular flexibility index (Phi) is 12.6. The molecule has 0 aliphatic carbocycles. The van der Waals surface area contributed by atoms with Crippen LogP contribution in [0, 0.1) is 29.9 Å². The van der Waals surface area contributed by atoms with Gasteiger partial charge in [-0.05, 0) is 99.9 Å². The Morgan fingerprint density at radius 1 is 0.896 bits per heavy atom. The molecule has 7 fully saturated rings. The molecule has 2 N–H and O–H groups in total. The summed E-state index contributed by atoms with van der Waals surface area (Å²) in [6, 6.07) is 14.0. The fourth-order valence-electron chi connectivity index (χ4n) is 13.5. The Balaban J connectivity index is 0.619. The molecule has 2 bridgehead atoms. The number of amides is 3. The second kappa shape index (κ2) is 19.7. The van der Waals surface area contributed by atoms with Gasteiger partial charge in [0.25, 0.3) is 0 Å². The largest absolute Gasteiger partial charge is 0.461 e. The van der Waals surface area contributed by atoms with Crippen LogP contribution < -0.4 is 30.9 Å². The maximum Gasteiger partial charge on any atom is 0.409 e. The molecule has 18 nitrogen and oxygen atoms in total. The first-order valence-electron chi connectivity index (χ1n) is 27.2. The van der Waals surface area contributed by atoms with Gasteiger partial charge in [0.15, 0.2) is 5.82 Å². The molecule has 3 aromatic heterocycles. The van der Waals surface area contributed by atoms with Crippen LogP contribution >= 0.6 is 0 Å². The van der Waals surface area contributed by atoms with Crippen molar-refractivity contribution < 1.29 is 37.4 Å². The van der Waals surface area contributed by atoms with Gasteiger partial charge in [0.1, 0.15) is 42.1 Å². The van der Waals surface area contributed by atoms with Crippen molar-refractivity contribution >= 4 is 62.1 Å². The van der Waals surface area contributed by atoms with Crippen molar-refractivity contribution in [1.29, 1.82) is 0 Å². The summed E-state index contributed by atoms with van der Waals surface area (Å²) < 4.78 is 54.3. The number of likely N-dealkylation sites (tertiary alicyclic amines) is 1. The number of benzene rings is 3. The number of aryl methyl sites for hydroxylation is 1. The van der Waals surface area contributed by atoms with Gasteiger partial charge in [-0.25, -0.2) is 18.4 Å². The molecule has 7 aliphatic heterocycles. The van der Waals surface area contributed by atoms with Crippen molar-refractivity contribution in [2.24, 2.45) is 13.0 Å². The Bertz CT molecular complexity index is 3460. The van der Waals surface area contributed by atoms with Crippen LogP contribution in [0.5, 0.6) is 6.01 Å². The lowest BCUT2D eigenvalue weighted by atomic mass is 9.95. The van der Waals surface area contributed by atoms with Crippen LogP contribution in [0.2, 0.25) is 0 Å². The van der Waals surface area contributed by atoms with E-state index in [1.165, 1.54) is 10.6 Å². The van der Waals surface area contributed by atoms with Crippen molar-refractivity contribution in [1.82, 2.24) is 44.5 Å². The van der Waals surface area contributed by atoms with Crippen molar-refractivity contribution in [2.75, 3.05) is 75.4 Å². The number of hydrogen-bond donors (Lipinski definition) is 2. The summed E-state index contributed by atoms with van der Waals surface area (Å²) in [5, 5.41) is 7.57. The van der Waals surface area contributed by atoms with Crippen molar-refractivity contribution in [3.63, 3.8) is 0 Å². The summed E-state index contributed by atoms with van der Waals surface area (Å²) in [7, 11) is 1.70. The van der Waals surface area contributed by atoms with Crippen LogP contribution in [0.15, 0.2) is 59.5 Å². The minimum absolute atomic E-state index is 0.0123. The maximum absolute atomic E-state index is 17.2. The molecule has 20 heteroatoms. The van der Waals surface area contributed by atoms with Gasteiger partial charge in [0.05, 0.1) is 40.2 Å². The average molecular weight is 1050 g/mol. The monoisotopic (exact) mass is 1050 g/mol. The van der Waals surface area contributed by atoms with Gasteiger partial charge in [-0.2, -0.15) is 9.97 Å². The zero-order valence-corrected chi connectivity index (χ0v) is 43.0. The minimum atomic E-state index is -0.728. The molecule has 0 radical (unpaired) electrons. The number of fused-ring (bicyclic) bond motifs is 6. The predicted octanol–water partition coefficient (Wildman–Crippen LogP) is 5.81. The number of aromatic nitrogens is 5. The summed E-state index contributed by atoms with van der Waals surface area (Å²) in [6.45, 7) is 6.05. The Morgan fingerprint density at radius 3 is 2.51 bits per heavy atom. The number of hydrogen-bond acceptors (Lipinski definition) is 14. The van der Waals surface area contributed by atoms with Crippen LogP contribution in [-0.2, 0) is 26.1 Å². The number of piperidine rings is 2. The third kappa shape index (κ3) is 8.80. The highest BCUT2D eigenvalue weighted by molar-refractivity contribution is 6.02. The van der Waals surface area contributed by atoms with Gasteiger partial charge in [-0.15, -0.1) is 6.42 Å². The van der Waals surface area contributed by atoms with Crippen molar-refractivity contribution in [3.8, 4) is 29.6 Å². The molecule has 5 atom stereocenters. The number of imide groups is 1. The molecule has 0 saturated carbocycles. The fourth-order valence-corrected chi connectivity index (χ4v) is 13.5. The van der Waals surface area contributed by atoms with Crippen LogP contribution in [0.1, 0.15) is 75.8 Å². The van der Waals surface area contributed by atoms with Crippen LogP contribution in [-0.4, -0.2) is 147 Å². The van der Waals surface area contributed by atoms with E-state index in [1.807, 2.05) is 24.3 Å². The number of imidazole rings is 1. The summed E-state index contributed by atoms with van der Waals surface area (Å²) >= 11 is 0. The number of carbonyl (C=O) groups is 3. The molecule has 0 spiro atoms. The van der Waals surface area contributed by atoms with E-state index < -0.39 is 23.6 Å². The number of rotatable bonds is 12. The summed E-state index contributed by atoms with van der Waals surface area (Å²) in [5.41, 5.74) is 2.23. The molecular formula is C57H61F2N11O7. The highest BCUT2D eigenvalue weighted by atomic mass is 19.1. The molecule has 13 rings (SSSR count). The molecule has 7 saturated heterocycles. The molecule has 7 aliphatic rings. The highest BCUT2D eigenvalue weighted by Gasteiger charge is 2.50. The first-order valence-corrected chi connectivity index (χ1v) is 27.2. The standard InChI is InChI=1S/C57H61F2N11O7/c1-3-40-43(58)12-8-34-6-4-7-41(48(34)40)50-49(59)51-42(25-60-50)52(68-26-35-9-10-36(27-68)61-35)64-54(63-51)77-32-57-19-5-21-69(57)38(16-20-57)31-76-56(74)66-22-17-33(18-23-66)30-75-39-28-67(29-39)37-11-13-44-46(24-37)65(2)55(73)70(44)45-14-15-47(71)62-53(45)72/h1,4,6-8,11-13,24-25,33,35-36,38-39,45,61H,5,9-10,14-23,26-32H2,2H3,(H,62,71,72)/t35?,36?,38-,45?,57-/m0/s1. The number of carbonyl (C=O) groups excluding carboxylic acids is 3. The molecule has 3 unspecified atom stereocenters. The van der Waals surface area contributed by atoms with E-state index in [9.17, 15) is 19.2 Å². The minimum Gasteiger partial charge on any atom is -0.461 e. The lowest BCUT2D eigenvalue weighted by molar-refractivity contribution is -0.135. The third-order valence-electron chi connectivity index (χ3n) is 17.7. The predicted molar refractivity (Wildman–Crippen MR) is 284 cm³/mol. The quantitative estimate of drug-likeness (QED) is 0.111. The first-order chi connectivity index (χ1) is 37.4. The van der Waals surface area contributed by atoms with E-state index >= 15 is 8.78 Å². The zero-order chi connectivity index (χ0) is 52.7. The van der Waals surface area contributed by atoms with Gasteiger partial charge >= 0.3 is 17.8 Å². The van der Waals surface area contributed by atoms with Gasteiger partial charge < -0.3 is 34.2 Å². The number of piperazine rings is 1. The van der Waals surface area contributed by atoms with E-state index in [-0.39, 0.29) is 96.3 Å². The summed E-state index contributed by atoms with van der Waals surface area (Å²) in [4.78, 5) is 74.1. The number of nitrogens with one attached hydrogen (secondary N) is 2. The molecule has 77 heavy (non-hydrogen) atoms. The van der Waals surface area contributed by atoms with Gasteiger partial charge in [0.2, 0.25) is 11.8 Å². The molecule has 10 heterocycles. The molecule has 6 aromatic rings. The van der Waals surface area contributed by atoms with E-state index in [1.54, 1.807) is 40.9 Å². The van der Waals surface area contributed by atoms with E-state index in [0.29, 0.717) is 84.9 Å². The van der Waals surface area contributed by atoms with Gasteiger partial charge in [-0.1, -0.05) is 30.2 Å². The molecule has 3 amide bonds. The normalized spacial score (nSPS) is 24.9. The number of pyridine rings is 1. The highest BCUT2D eigenvalue weighted by Crippen LogP contribution is 2.44. The van der Waals surface area contributed by atoms with Gasteiger partial charge in [-0.3, -0.25) is 33.9 Å². The van der Waals surface area contributed by atoms with E-state index in [2.05, 4.69) is 36.2 Å². The Labute approximate surface area is 443 Å². The Morgan fingerprint density at radius 2 is 1.71 bits per heavy atom. The summed E-state index contributed by atoms with van der Waals surface area (Å²) in [6.07, 6.45) is 14.9. The number of anilines is 2. The fraction of sp³-hybridized carbons (Fsp3) is 0.491. The number of terminal acetylenes is 1. The van der Waals surface area contributed by atoms with Crippen LogP contribution in [0.3, 0.4) is 0 Å². The second-order valence-corrected chi connectivity index (χ2v) is 22.2. The van der Waals surface area contributed by atoms with Crippen molar-refractivity contribution in [3.05, 3.63) is 82.4 Å². The second-order valence-electron chi connectivity index (χ2n) is 22.2. The first kappa shape index (κ1) is 49.4. The molecular weight excluding hydrogens is 989 g/mol. The van der Waals surface area contributed by atoms with Gasteiger partial charge in [0, 0.05) is 93.7 Å². The van der Waals surface area contributed by atoms with Crippen molar-refractivity contribution in [2.45, 2.75) is 100 Å². The molecule has 400 valence electrons. The lowest BCUT2D eigenvalue weighted by Gasteiger charge is -2.41. The zero-order valence-electron chi connectivity index (χ0n) is 43.0. The molecule has 3 aromatic carbocycles. The lowest BCUT2D eigenvalue weighted by Crippen LogP contribution is -2.53. The van der Waals surface area contributed by atoms with E-state index in [4.69, 9.17) is 30.6 Å². The topological polar surface area (TPSA) is 182 Å². The summed E-state index contributed by atoms with van der Waals surface area (Å²) in [5.74, 6) is 1.35.